The van der Waals surface area contributed by atoms with E-state index in [1.165, 1.54) is 6.08 Å². The molecule has 0 atom stereocenters. The number of rotatable bonds is 12. The van der Waals surface area contributed by atoms with Crippen molar-refractivity contribution in [1.82, 2.24) is 29.3 Å². The van der Waals surface area contributed by atoms with Gasteiger partial charge in [-0.1, -0.05) is 32.3 Å². The van der Waals surface area contributed by atoms with Crippen molar-refractivity contribution in [2.75, 3.05) is 11.9 Å². The molecule has 4 aromatic heterocycles. The summed E-state index contributed by atoms with van der Waals surface area (Å²) in [5, 5.41) is 7.31. The van der Waals surface area contributed by atoms with Gasteiger partial charge in [0, 0.05) is 62.3 Å². The third-order valence-electron chi connectivity index (χ3n) is 6.32. The van der Waals surface area contributed by atoms with Gasteiger partial charge < -0.3 is 19.4 Å². The summed E-state index contributed by atoms with van der Waals surface area (Å²) in [6.07, 6.45) is 12.2. The van der Waals surface area contributed by atoms with Crippen LogP contribution in [0.5, 0.6) is 11.6 Å². The first-order valence-electron chi connectivity index (χ1n) is 13.3. The second-order valence-corrected chi connectivity index (χ2v) is 16.5. The third kappa shape index (κ3) is 7.32. The Morgan fingerprint density at radius 3 is 2.73 bits per heavy atom. The molecule has 210 valence electrons. The summed E-state index contributed by atoms with van der Waals surface area (Å²) in [6, 6.07) is 12.1. The van der Waals surface area contributed by atoms with Gasteiger partial charge in [0.1, 0.15) is 18.0 Å². The number of anilines is 1. The minimum Gasteiger partial charge on any atom is -0.437 e. The molecule has 0 aliphatic rings. The molecule has 0 unspecified atom stereocenters. The first-order chi connectivity index (χ1) is 19.8. The zero-order chi connectivity index (χ0) is 28.8. The molecule has 1 aromatic carbocycles. The van der Waals surface area contributed by atoms with Gasteiger partial charge in [-0.15, -0.1) is 0 Å². The SMILES string of the molecule is C=CC(=O)Nc1cccc(Oc2cnc3c(n2)c(-c2cnn(Cc4ccncc4)c2)cn3COCC[Si](C)(C)C)c1. The molecular weight excluding hydrogens is 534 g/mol. The zero-order valence-corrected chi connectivity index (χ0v) is 24.4. The topological polar surface area (TPSA) is 109 Å². The molecule has 0 spiro atoms. The van der Waals surface area contributed by atoms with Crippen LogP contribution >= 0.6 is 0 Å². The van der Waals surface area contributed by atoms with Crippen LogP contribution < -0.4 is 10.1 Å². The molecular formula is C30H33N7O3Si. The van der Waals surface area contributed by atoms with Crippen molar-refractivity contribution in [3.05, 3.63) is 91.8 Å². The number of benzene rings is 1. The summed E-state index contributed by atoms with van der Waals surface area (Å²) in [4.78, 5) is 25.3. The van der Waals surface area contributed by atoms with Gasteiger partial charge in [-0.25, -0.2) is 9.97 Å². The quantitative estimate of drug-likeness (QED) is 0.112. The Hall–Kier alpha value is -4.61. The smallest absolute Gasteiger partial charge is 0.247 e. The molecule has 0 fully saturated rings. The molecule has 5 aromatic rings. The van der Waals surface area contributed by atoms with Crippen LogP contribution in [0.15, 0.2) is 86.2 Å². The van der Waals surface area contributed by atoms with Crippen molar-refractivity contribution in [3.63, 3.8) is 0 Å². The van der Waals surface area contributed by atoms with Crippen LogP contribution in [-0.2, 0) is 22.8 Å². The number of fused-ring (bicyclic) bond motifs is 1. The molecule has 4 heterocycles. The Balaban J connectivity index is 1.44. The Morgan fingerprint density at radius 2 is 1.95 bits per heavy atom. The van der Waals surface area contributed by atoms with E-state index in [9.17, 15) is 4.79 Å². The normalized spacial score (nSPS) is 11.5. The van der Waals surface area contributed by atoms with Crippen LogP contribution in [-0.4, -0.2) is 49.9 Å². The fourth-order valence-corrected chi connectivity index (χ4v) is 4.91. The summed E-state index contributed by atoms with van der Waals surface area (Å²) < 4.78 is 16.0. The number of nitrogens with one attached hydrogen (secondary N) is 1. The van der Waals surface area contributed by atoms with E-state index < -0.39 is 8.07 Å². The Morgan fingerprint density at radius 1 is 1.12 bits per heavy atom. The van der Waals surface area contributed by atoms with Gasteiger partial charge in [-0.05, 0) is 41.9 Å². The van der Waals surface area contributed by atoms with E-state index in [-0.39, 0.29) is 5.91 Å². The van der Waals surface area contributed by atoms with E-state index in [1.54, 1.807) is 42.9 Å². The van der Waals surface area contributed by atoms with E-state index in [2.05, 4.69) is 41.6 Å². The fraction of sp³-hybridized carbons (Fsp3) is 0.233. The summed E-state index contributed by atoms with van der Waals surface area (Å²) in [5.41, 5.74) is 4.84. The first kappa shape index (κ1) is 27.9. The highest BCUT2D eigenvalue weighted by atomic mass is 28.3. The predicted molar refractivity (Wildman–Crippen MR) is 162 cm³/mol. The molecule has 11 heteroatoms. The van der Waals surface area contributed by atoms with E-state index in [0.717, 1.165) is 22.7 Å². The van der Waals surface area contributed by atoms with Gasteiger partial charge in [-0.3, -0.25) is 14.5 Å². The minimum atomic E-state index is -1.21. The highest BCUT2D eigenvalue weighted by Gasteiger charge is 2.18. The summed E-state index contributed by atoms with van der Waals surface area (Å²) in [6.45, 7) is 12.2. The van der Waals surface area contributed by atoms with Gasteiger partial charge in [0.15, 0.2) is 5.65 Å². The number of hydrogen-bond donors (Lipinski definition) is 1. The highest BCUT2D eigenvalue weighted by Crippen LogP contribution is 2.31. The number of aromatic nitrogens is 6. The van der Waals surface area contributed by atoms with Crippen molar-refractivity contribution in [2.24, 2.45) is 0 Å². The molecule has 0 bridgehead atoms. The molecule has 5 rings (SSSR count). The van der Waals surface area contributed by atoms with E-state index in [1.807, 2.05) is 40.0 Å². The van der Waals surface area contributed by atoms with Crippen LogP contribution in [0.1, 0.15) is 5.56 Å². The lowest BCUT2D eigenvalue weighted by molar-refractivity contribution is -0.111. The van der Waals surface area contributed by atoms with Crippen LogP contribution in [0.25, 0.3) is 22.3 Å². The maximum Gasteiger partial charge on any atom is 0.247 e. The van der Waals surface area contributed by atoms with Gasteiger partial charge in [0.05, 0.1) is 18.9 Å². The van der Waals surface area contributed by atoms with Gasteiger partial charge in [0.25, 0.3) is 0 Å². The average molecular weight is 568 g/mol. The maximum absolute atomic E-state index is 11.7. The van der Waals surface area contributed by atoms with E-state index in [0.29, 0.717) is 48.4 Å². The van der Waals surface area contributed by atoms with Crippen molar-refractivity contribution < 1.29 is 14.3 Å². The van der Waals surface area contributed by atoms with Gasteiger partial charge >= 0.3 is 0 Å². The number of amides is 1. The van der Waals surface area contributed by atoms with Gasteiger partial charge in [0.2, 0.25) is 11.8 Å². The third-order valence-corrected chi connectivity index (χ3v) is 8.02. The molecule has 0 radical (unpaired) electrons. The number of carbonyl (C=O) groups is 1. The van der Waals surface area contributed by atoms with E-state index in [4.69, 9.17) is 19.4 Å². The number of carbonyl (C=O) groups excluding carboxylic acids is 1. The number of hydrogen-bond acceptors (Lipinski definition) is 7. The van der Waals surface area contributed by atoms with Crippen LogP contribution in [0, 0.1) is 0 Å². The molecule has 0 aliphatic heterocycles. The van der Waals surface area contributed by atoms with E-state index >= 15 is 0 Å². The Kier molecular flexibility index (Phi) is 8.36. The summed E-state index contributed by atoms with van der Waals surface area (Å²) >= 11 is 0. The molecule has 1 amide bonds. The highest BCUT2D eigenvalue weighted by molar-refractivity contribution is 6.76. The fourth-order valence-electron chi connectivity index (χ4n) is 4.15. The molecule has 10 nitrogen and oxygen atoms in total. The van der Waals surface area contributed by atoms with Crippen molar-refractivity contribution in [3.8, 4) is 22.8 Å². The van der Waals surface area contributed by atoms with Gasteiger partial charge in [-0.2, -0.15) is 5.10 Å². The van der Waals surface area contributed by atoms with Crippen molar-refractivity contribution in [1.29, 1.82) is 0 Å². The Labute approximate surface area is 239 Å². The summed E-state index contributed by atoms with van der Waals surface area (Å²) in [7, 11) is -1.21. The maximum atomic E-state index is 11.7. The van der Waals surface area contributed by atoms with Crippen LogP contribution in [0.2, 0.25) is 25.7 Å². The zero-order valence-electron chi connectivity index (χ0n) is 23.4. The average Bonchev–Trinajstić information content (AvgIpc) is 3.55. The molecule has 0 saturated carbocycles. The monoisotopic (exact) mass is 567 g/mol. The molecule has 41 heavy (non-hydrogen) atoms. The second-order valence-electron chi connectivity index (χ2n) is 10.8. The number of pyridine rings is 1. The van der Waals surface area contributed by atoms with Crippen molar-refractivity contribution in [2.45, 2.75) is 39.0 Å². The lowest BCUT2D eigenvalue weighted by Gasteiger charge is -2.15. The number of nitrogens with zero attached hydrogens (tertiary/aromatic N) is 6. The molecule has 0 aliphatic carbocycles. The van der Waals surface area contributed by atoms with Crippen LogP contribution in [0.3, 0.4) is 0 Å². The molecule has 0 saturated heterocycles. The second kappa shape index (κ2) is 12.3. The largest absolute Gasteiger partial charge is 0.437 e. The standard InChI is InChI=1S/C30H33N7O3Si/c1-5-27(38)34-24-7-6-8-25(15-24)40-28-17-32-30-29(35-28)26(20-36(30)21-39-13-14-41(2,3)4)23-16-33-37(19-23)18-22-9-11-31-12-10-22/h5-12,15-17,19-20H,1,13-14,18,21H2,2-4H3,(H,34,38). The van der Waals surface area contributed by atoms with Crippen molar-refractivity contribution >= 4 is 30.8 Å². The lowest BCUT2D eigenvalue weighted by Crippen LogP contribution is -2.22. The minimum absolute atomic E-state index is 0.300. The van der Waals surface area contributed by atoms with Crippen LogP contribution in [0.4, 0.5) is 5.69 Å². The Bertz CT molecular complexity index is 1660. The molecule has 1 N–H and O–H groups in total. The lowest BCUT2D eigenvalue weighted by atomic mass is 10.2. The first-order valence-corrected chi connectivity index (χ1v) is 17.0. The number of ether oxygens (including phenoxy) is 2. The summed E-state index contributed by atoms with van der Waals surface area (Å²) in [5.74, 6) is 0.541. The predicted octanol–water partition coefficient (Wildman–Crippen LogP) is 5.97.